The molecule has 0 saturated heterocycles. The number of ether oxygens (including phenoxy) is 1. The van der Waals surface area contributed by atoms with E-state index in [1.54, 1.807) is 30.6 Å². The molecule has 1 heterocycles. The van der Waals surface area contributed by atoms with E-state index >= 15 is 0 Å². The molecule has 3 aromatic rings. The zero-order valence-electron chi connectivity index (χ0n) is 18.1. The van der Waals surface area contributed by atoms with Gasteiger partial charge in [-0.25, -0.2) is 0 Å². The first-order valence-electron chi connectivity index (χ1n) is 9.39. The molecule has 1 atom stereocenters. The number of aliphatic carboxylic acids is 1. The molecule has 0 aliphatic carbocycles. The van der Waals surface area contributed by atoms with E-state index in [9.17, 15) is 14.7 Å². The average Bonchev–Trinajstić information content (AvgIpc) is 2.78. The second kappa shape index (κ2) is 14.8. The van der Waals surface area contributed by atoms with E-state index < -0.39 is 17.9 Å². The third-order valence-corrected chi connectivity index (χ3v) is 4.69. The van der Waals surface area contributed by atoms with Crippen molar-refractivity contribution in [2.45, 2.75) is 19.1 Å². The maximum atomic E-state index is 12.8. The van der Waals surface area contributed by atoms with Crippen LogP contribution in [0, 0.1) is 0 Å². The zero-order chi connectivity index (χ0) is 21.3. The third-order valence-electron chi connectivity index (χ3n) is 4.45. The molecular weight excluding hydrogens is 446 g/mol. The van der Waals surface area contributed by atoms with Gasteiger partial charge in [0, 0.05) is 11.8 Å². The molecule has 0 aliphatic heterocycles. The topological polar surface area (TPSA) is 91.4 Å². The quantitative estimate of drug-likeness (QED) is 0.256. The van der Waals surface area contributed by atoms with Gasteiger partial charge in [0.2, 0.25) is 0 Å². The minimum atomic E-state index is -1.35. The summed E-state index contributed by atoms with van der Waals surface area (Å²) in [4.78, 5) is 28.2. The van der Waals surface area contributed by atoms with Crippen LogP contribution in [-0.4, -0.2) is 28.7 Å². The maximum Gasteiger partial charge on any atom is 1.00 e. The van der Waals surface area contributed by atoms with Crippen LogP contribution in [0.3, 0.4) is 0 Å². The molecule has 1 N–H and O–H groups in total. The Morgan fingerprint density at radius 2 is 1.81 bits per heavy atom. The van der Waals surface area contributed by atoms with E-state index in [1.807, 2.05) is 42.5 Å². The number of carbonyl (C=O) groups is 2. The Morgan fingerprint density at radius 3 is 2.44 bits per heavy atom. The number of rotatable bonds is 9. The van der Waals surface area contributed by atoms with Crippen LogP contribution in [0.4, 0.5) is 0 Å². The molecule has 0 aliphatic rings. The van der Waals surface area contributed by atoms with Crippen LogP contribution in [0.2, 0.25) is 0 Å². The van der Waals surface area contributed by atoms with E-state index in [-0.39, 0.29) is 71.3 Å². The summed E-state index contributed by atoms with van der Waals surface area (Å²) in [6.07, 6.45) is 3.42. The molecule has 32 heavy (non-hydrogen) atoms. The van der Waals surface area contributed by atoms with Gasteiger partial charge in [-0.3, -0.25) is 9.78 Å². The number of aromatic nitrogens is 1. The first-order chi connectivity index (χ1) is 14.6. The molecule has 9 heteroatoms. The summed E-state index contributed by atoms with van der Waals surface area (Å²) in [6, 6.07) is 17.2. The summed E-state index contributed by atoms with van der Waals surface area (Å²) in [6.45, 7) is 0.297. The first-order valence-corrected chi connectivity index (χ1v) is 9.97. The standard InChI is InChI=1S/C23H22N2O4S.2Na/c26-22(25-21(10-12-30)23(27)28)19-9-8-16(15-29-18-7-4-11-24-14-18)13-20(19)17-5-2-1-3-6-17;;/h1-9,11,13-14,21,30H,10,12,15H2,(H,25,26)(H,27,28);;/q;2*+1/p-2/t21-;;/m1../s1. The molecule has 0 unspecified atom stereocenters. The number of nitrogens with zero attached hydrogens (tertiary/aromatic N) is 1. The summed E-state index contributed by atoms with van der Waals surface area (Å²) in [5, 5.41) is 13.8. The van der Waals surface area contributed by atoms with Crippen LogP contribution in [0.25, 0.3) is 11.1 Å². The van der Waals surface area contributed by atoms with E-state index in [4.69, 9.17) is 17.4 Å². The predicted molar refractivity (Wildman–Crippen MR) is 114 cm³/mol. The zero-order valence-corrected chi connectivity index (χ0v) is 22.9. The summed E-state index contributed by atoms with van der Waals surface area (Å²) in [5.41, 5.74) is 2.73. The molecule has 2 aromatic carbocycles. The molecular formula is C23H20N2Na2O4S. The molecule has 154 valence electrons. The van der Waals surface area contributed by atoms with Crippen LogP contribution in [0.5, 0.6) is 5.75 Å². The van der Waals surface area contributed by atoms with Crippen molar-refractivity contribution in [2.75, 3.05) is 5.75 Å². The van der Waals surface area contributed by atoms with Crippen LogP contribution >= 0.6 is 0 Å². The Morgan fingerprint density at radius 1 is 1.06 bits per heavy atom. The number of pyridine rings is 1. The van der Waals surface area contributed by atoms with Crippen LogP contribution < -0.4 is 74.3 Å². The van der Waals surface area contributed by atoms with E-state index in [2.05, 4.69) is 10.3 Å². The predicted octanol–water partition coefficient (Wildman–Crippen LogP) is -3.88. The van der Waals surface area contributed by atoms with Crippen molar-refractivity contribution in [1.29, 1.82) is 0 Å². The normalized spacial score (nSPS) is 10.8. The van der Waals surface area contributed by atoms with Crippen molar-refractivity contribution in [3.05, 3.63) is 84.2 Å². The molecule has 0 bridgehead atoms. The van der Waals surface area contributed by atoms with Gasteiger partial charge in [0.1, 0.15) is 12.4 Å². The van der Waals surface area contributed by atoms with Gasteiger partial charge in [-0.2, -0.15) is 5.75 Å². The fourth-order valence-electron chi connectivity index (χ4n) is 2.94. The fraction of sp³-hybridized carbons (Fsp3) is 0.174. The number of carbonyl (C=O) groups excluding carboxylic acids is 2. The Labute approximate surface area is 237 Å². The monoisotopic (exact) mass is 466 g/mol. The Balaban J connectivity index is 0.00000256. The van der Waals surface area contributed by atoms with Gasteiger partial charge in [0.15, 0.2) is 0 Å². The number of amides is 1. The molecule has 3 rings (SSSR count). The number of nitrogens with one attached hydrogen (secondary N) is 1. The fourth-order valence-corrected chi connectivity index (χ4v) is 3.17. The molecule has 1 aromatic heterocycles. The van der Waals surface area contributed by atoms with Crippen molar-refractivity contribution in [2.24, 2.45) is 0 Å². The number of carboxylic acid groups (broad SMARTS) is 1. The molecule has 0 saturated carbocycles. The van der Waals surface area contributed by atoms with Crippen LogP contribution in [0.1, 0.15) is 22.3 Å². The minimum absolute atomic E-state index is 0. The van der Waals surface area contributed by atoms with Gasteiger partial charge in [0.05, 0.1) is 18.2 Å². The largest absolute Gasteiger partial charge is 1.00 e. The summed E-state index contributed by atoms with van der Waals surface area (Å²) < 4.78 is 5.75. The van der Waals surface area contributed by atoms with Crippen molar-refractivity contribution in [3.63, 3.8) is 0 Å². The summed E-state index contributed by atoms with van der Waals surface area (Å²) in [7, 11) is 0. The molecule has 1 amide bonds. The van der Waals surface area contributed by atoms with Gasteiger partial charge < -0.3 is 32.6 Å². The average molecular weight is 466 g/mol. The van der Waals surface area contributed by atoms with E-state index in [1.165, 1.54) is 0 Å². The number of hydrogen-bond donors (Lipinski definition) is 1. The minimum Gasteiger partial charge on any atom is -0.793 e. The van der Waals surface area contributed by atoms with E-state index in [0.717, 1.165) is 11.1 Å². The van der Waals surface area contributed by atoms with Gasteiger partial charge in [-0.05, 0) is 47.4 Å². The third kappa shape index (κ3) is 8.23. The summed E-state index contributed by atoms with van der Waals surface area (Å²) >= 11 is 4.85. The first kappa shape index (κ1) is 28.7. The Kier molecular flexibility index (Phi) is 13.2. The van der Waals surface area contributed by atoms with Gasteiger partial charge in [-0.15, -0.1) is 0 Å². The van der Waals surface area contributed by atoms with Crippen molar-refractivity contribution in [3.8, 4) is 16.9 Å². The molecule has 0 fully saturated rings. The van der Waals surface area contributed by atoms with Gasteiger partial charge in [0.25, 0.3) is 5.91 Å². The van der Waals surface area contributed by atoms with Crippen molar-refractivity contribution in [1.82, 2.24) is 10.3 Å². The Bertz CT molecular complexity index is 1010. The van der Waals surface area contributed by atoms with Gasteiger partial charge in [-0.1, -0.05) is 36.4 Å². The number of hydrogen-bond acceptors (Lipinski definition) is 6. The second-order valence-electron chi connectivity index (χ2n) is 6.56. The SMILES string of the molecule is O=C(N[C@H](CC[S-])C(=O)[O-])c1ccc(COc2cccnc2)cc1-c1ccccc1.[Na+].[Na+]. The Hall–Kier alpha value is -1.32. The van der Waals surface area contributed by atoms with E-state index in [0.29, 0.717) is 23.5 Å². The number of benzene rings is 2. The molecule has 0 radical (unpaired) electrons. The smallest absolute Gasteiger partial charge is 0.793 e. The van der Waals surface area contributed by atoms with Crippen LogP contribution in [0.15, 0.2) is 73.1 Å². The number of carboxylic acids is 1. The maximum absolute atomic E-state index is 12.8. The van der Waals surface area contributed by atoms with Crippen LogP contribution in [-0.2, 0) is 24.0 Å². The van der Waals surface area contributed by atoms with Crippen molar-refractivity contribution >= 4 is 24.5 Å². The van der Waals surface area contributed by atoms with Crippen molar-refractivity contribution < 1.29 is 78.5 Å². The molecule has 0 spiro atoms. The summed E-state index contributed by atoms with van der Waals surface area (Å²) in [5.74, 6) is -1.00. The van der Waals surface area contributed by atoms with Gasteiger partial charge >= 0.3 is 59.1 Å². The molecule has 6 nitrogen and oxygen atoms in total. The second-order valence-corrected chi connectivity index (χ2v) is 6.97.